The van der Waals surface area contributed by atoms with Gasteiger partial charge in [0.05, 0.1) is 6.54 Å². The van der Waals surface area contributed by atoms with Gasteiger partial charge in [-0.3, -0.25) is 4.79 Å². The molecule has 1 aliphatic heterocycles. The van der Waals surface area contributed by atoms with Crippen LogP contribution in [0.25, 0.3) is 0 Å². The third-order valence-corrected chi connectivity index (χ3v) is 5.13. The first kappa shape index (κ1) is 17.9. The highest BCUT2D eigenvalue weighted by molar-refractivity contribution is 5.23. The van der Waals surface area contributed by atoms with E-state index in [9.17, 15) is 4.79 Å². The fraction of sp³-hybridized carbons (Fsp3) is 0.476. The first-order valence-electron chi connectivity index (χ1n) is 9.32. The summed E-state index contributed by atoms with van der Waals surface area (Å²) in [6.07, 6.45) is 4.29. The second-order valence-corrected chi connectivity index (χ2v) is 7.27. The van der Waals surface area contributed by atoms with Gasteiger partial charge in [0.15, 0.2) is 0 Å². The summed E-state index contributed by atoms with van der Waals surface area (Å²) in [6, 6.07) is 15.1. The van der Waals surface area contributed by atoms with Gasteiger partial charge in [-0.15, -0.1) is 0 Å². The Morgan fingerprint density at radius 3 is 2.36 bits per heavy atom. The smallest absolute Gasteiger partial charge is 0.250 e. The Bertz CT molecular complexity index is 712. The predicted molar refractivity (Wildman–Crippen MR) is 103 cm³/mol. The Labute approximate surface area is 150 Å². The van der Waals surface area contributed by atoms with Crippen molar-refractivity contribution >= 4 is 0 Å². The van der Waals surface area contributed by atoms with Crippen molar-refractivity contribution in [1.82, 2.24) is 14.8 Å². The van der Waals surface area contributed by atoms with Crippen LogP contribution in [0.15, 0.2) is 53.5 Å². The maximum absolute atomic E-state index is 11.8. The molecule has 0 atom stereocenters. The lowest BCUT2D eigenvalue weighted by molar-refractivity contribution is 0.161. The maximum atomic E-state index is 11.8. The number of aromatic nitrogens is 1. The Balaban J connectivity index is 1.48. The van der Waals surface area contributed by atoms with Crippen molar-refractivity contribution in [2.75, 3.05) is 13.1 Å². The molecule has 1 fully saturated rings. The summed E-state index contributed by atoms with van der Waals surface area (Å²) in [5, 5.41) is 3.69. The Kier molecular flexibility index (Phi) is 6.05. The van der Waals surface area contributed by atoms with Crippen LogP contribution in [-0.4, -0.2) is 34.6 Å². The average Bonchev–Trinajstić information content (AvgIpc) is 2.63. The fourth-order valence-electron chi connectivity index (χ4n) is 3.43. The van der Waals surface area contributed by atoms with Crippen LogP contribution in [0.1, 0.15) is 37.8 Å². The van der Waals surface area contributed by atoms with Crippen LogP contribution >= 0.6 is 0 Å². The summed E-state index contributed by atoms with van der Waals surface area (Å²) in [5.74, 6) is 0. The van der Waals surface area contributed by atoms with E-state index in [1.807, 2.05) is 12.3 Å². The molecule has 0 radical (unpaired) electrons. The van der Waals surface area contributed by atoms with Crippen LogP contribution in [0, 0.1) is 0 Å². The summed E-state index contributed by atoms with van der Waals surface area (Å²) in [4.78, 5) is 14.3. The van der Waals surface area contributed by atoms with E-state index in [0.717, 1.165) is 12.1 Å². The molecule has 2 aromatic rings. The predicted octanol–water partition coefficient (Wildman–Crippen LogP) is 2.86. The number of hydrogen-bond donors (Lipinski definition) is 1. The van der Waals surface area contributed by atoms with E-state index in [0.29, 0.717) is 18.6 Å². The lowest BCUT2D eigenvalue weighted by atomic mass is 10.0. The van der Waals surface area contributed by atoms with Gasteiger partial charge in [-0.25, -0.2) is 0 Å². The number of hydrogen-bond acceptors (Lipinski definition) is 3. The molecule has 4 nitrogen and oxygen atoms in total. The second-order valence-electron chi connectivity index (χ2n) is 7.27. The van der Waals surface area contributed by atoms with E-state index >= 15 is 0 Å². The van der Waals surface area contributed by atoms with Gasteiger partial charge in [0.2, 0.25) is 0 Å². The average molecular weight is 339 g/mol. The van der Waals surface area contributed by atoms with Gasteiger partial charge in [-0.1, -0.05) is 30.3 Å². The normalized spacial score (nSPS) is 16.4. The van der Waals surface area contributed by atoms with Crippen LogP contribution in [-0.2, 0) is 13.1 Å². The number of likely N-dealkylation sites (tertiary alicyclic amines) is 1. The highest BCUT2D eigenvalue weighted by Gasteiger charge is 2.20. The van der Waals surface area contributed by atoms with Gasteiger partial charge >= 0.3 is 0 Å². The third-order valence-electron chi connectivity index (χ3n) is 5.13. The van der Waals surface area contributed by atoms with Gasteiger partial charge < -0.3 is 14.8 Å². The molecular weight excluding hydrogens is 310 g/mol. The van der Waals surface area contributed by atoms with Gasteiger partial charge in [0.25, 0.3) is 5.56 Å². The highest BCUT2D eigenvalue weighted by atomic mass is 16.1. The molecule has 0 aliphatic carbocycles. The number of nitrogens with one attached hydrogen (secondary N) is 1. The molecule has 0 bridgehead atoms. The van der Waals surface area contributed by atoms with E-state index in [1.54, 1.807) is 16.7 Å². The van der Waals surface area contributed by atoms with Crippen LogP contribution in [0.4, 0.5) is 0 Å². The Hall–Kier alpha value is -1.91. The van der Waals surface area contributed by atoms with Crippen molar-refractivity contribution in [1.29, 1.82) is 0 Å². The van der Waals surface area contributed by atoms with E-state index < -0.39 is 0 Å². The van der Waals surface area contributed by atoms with Crippen LogP contribution < -0.4 is 10.9 Å². The summed E-state index contributed by atoms with van der Waals surface area (Å²) in [7, 11) is 0. The number of piperidine rings is 1. The lowest BCUT2D eigenvalue weighted by Crippen LogP contribution is -2.44. The van der Waals surface area contributed by atoms with E-state index in [2.05, 4.69) is 48.3 Å². The molecule has 1 N–H and O–H groups in total. The van der Waals surface area contributed by atoms with Crippen LogP contribution in [0.5, 0.6) is 0 Å². The zero-order chi connectivity index (χ0) is 17.6. The number of rotatable bonds is 6. The SMILES string of the molecule is CC(C)N1CCC(NCc2ccc(Cn3ccccc3=O)cc2)CC1. The third kappa shape index (κ3) is 5.03. The van der Waals surface area contributed by atoms with Crippen LogP contribution in [0.2, 0.25) is 0 Å². The first-order valence-corrected chi connectivity index (χ1v) is 9.32. The standard InChI is InChI=1S/C21H29N3O/c1-17(2)23-13-10-20(11-14-23)22-15-18-6-8-19(9-7-18)16-24-12-4-3-5-21(24)25/h3-9,12,17,20,22H,10-11,13-16H2,1-2H3. The Morgan fingerprint density at radius 2 is 1.72 bits per heavy atom. The summed E-state index contributed by atoms with van der Waals surface area (Å²) < 4.78 is 1.73. The molecule has 1 aromatic heterocycles. The largest absolute Gasteiger partial charge is 0.311 e. The topological polar surface area (TPSA) is 37.3 Å². The van der Waals surface area contributed by atoms with Crippen molar-refractivity contribution in [3.05, 3.63) is 70.1 Å². The molecule has 25 heavy (non-hydrogen) atoms. The molecule has 0 saturated carbocycles. The monoisotopic (exact) mass is 339 g/mol. The summed E-state index contributed by atoms with van der Waals surface area (Å²) in [6.45, 7) is 8.48. The number of pyridine rings is 1. The molecule has 1 aliphatic rings. The van der Waals surface area contributed by atoms with E-state index in [1.165, 1.54) is 31.5 Å². The minimum absolute atomic E-state index is 0.0426. The number of nitrogens with zero attached hydrogens (tertiary/aromatic N) is 2. The van der Waals surface area contributed by atoms with Gasteiger partial charge in [-0.05, 0) is 57.0 Å². The van der Waals surface area contributed by atoms with E-state index in [-0.39, 0.29) is 5.56 Å². The zero-order valence-corrected chi connectivity index (χ0v) is 15.3. The highest BCUT2D eigenvalue weighted by Crippen LogP contribution is 2.14. The van der Waals surface area contributed by atoms with Crippen molar-refractivity contribution in [3.63, 3.8) is 0 Å². The molecule has 2 heterocycles. The maximum Gasteiger partial charge on any atom is 0.250 e. The van der Waals surface area contributed by atoms with Gasteiger partial charge in [0, 0.05) is 30.9 Å². The molecule has 0 unspecified atom stereocenters. The van der Waals surface area contributed by atoms with Gasteiger partial charge in [-0.2, -0.15) is 0 Å². The van der Waals surface area contributed by atoms with Crippen molar-refractivity contribution < 1.29 is 0 Å². The lowest BCUT2D eigenvalue weighted by Gasteiger charge is -2.35. The minimum Gasteiger partial charge on any atom is -0.311 e. The van der Waals surface area contributed by atoms with Gasteiger partial charge in [0.1, 0.15) is 0 Å². The summed E-state index contributed by atoms with van der Waals surface area (Å²) in [5.41, 5.74) is 2.50. The number of benzene rings is 1. The van der Waals surface area contributed by atoms with E-state index in [4.69, 9.17) is 0 Å². The van der Waals surface area contributed by atoms with Crippen molar-refractivity contribution in [3.8, 4) is 0 Å². The molecule has 4 heteroatoms. The molecular formula is C21H29N3O. The Morgan fingerprint density at radius 1 is 1.04 bits per heavy atom. The molecule has 0 spiro atoms. The first-order chi connectivity index (χ1) is 12.1. The van der Waals surface area contributed by atoms with Crippen LogP contribution in [0.3, 0.4) is 0 Å². The van der Waals surface area contributed by atoms with Crippen molar-refractivity contribution in [2.24, 2.45) is 0 Å². The minimum atomic E-state index is 0.0426. The molecule has 1 aromatic carbocycles. The molecule has 3 rings (SSSR count). The molecule has 134 valence electrons. The van der Waals surface area contributed by atoms with Crippen molar-refractivity contribution in [2.45, 2.75) is 51.9 Å². The molecule has 1 saturated heterocycles. The fourth-order valence-corrected chi connectivity index (χ4v) is 3.43. The zero-order valence-electron chi connectivity index (χ0n) is 15.3. The second kappa shape index (κ2) is 8.45. The summed E-state index contributed by atoms with van der Waals surface area (Å²) >= 11 is 0. The molecule has 0 amide bonds. The quantitative estimate of drug-likeness (QED) is 0.879.